The van der Waals surface area contributed by atoms with E-state index in [0.717, 1.165) is 61.6 Å². The highest BCUT2D eigenvalue weighted by atomic mass is 16.5. The van der Waals surface area contributed by atoms with Crippen LogP contribution in [0.5, 0.6) is 17.2 Å². The number of nitrogens with zero attached hydrogens (tertiary/aromatic N) is 1. The van der Waals surface area contributed by atoms with E-state index in [9.17, 15) is 5.11 Å². The molecule has 5 aromatic carbocycles. The minimum Gasteiger partial charge on any atom is -0.507 e. The van der Waals surface area contributed by atoms with Gasteiger partial charge in [-0.25, -0.2) is 0 Å². The molecule has 0 spiro atoms. The van der Waals surface area contributed by atoms with Crippen LogP contribution < -0.4 is 9.47 Å². The zero-order valence-electron chi connectivity index (χ0n) is 21.9. The molecule has 188 valence electrons. The number of fused-ring (bicyclic) bond motifs is 3. The van der Waals surface area contributed by atoms with Crippen LogP contribution >= 0.6 is 0 Å². The predicted molar refractivity (Wildman–Crippen MR) is 156 cm³/mol. The second-order valence-electron chi connectivity index (χ2n) is 9.68. The van der Waals surface area contributed by atoms with Crippen LogP contribution in [0, 0.1) is 13.8 Å². The Kier molecular flexibility index (Phi) is 5.80. The Morgan fingerprint density at radius 1 is 0.526 bits per heavy atom. The summed E-state index contributed by atoms with van der Waals surface area (Å²) in [5.74, 6) is 2.03. The molecule has 0 saturated carbocycles. The van der Waals surface area contributed by atoms with Gasteiger partial charge in [0, 0.05) is 16.5 Å². The van der Waals surface area contributed by atoms with E-state index >= 15 is 0 Å². The molecule has 38 heavy (non-hydrogen) atoms. The standard InChI is InChI=1S/C34H29NO3/c1-21-17-27(18-22(2)34(21)36)35-32-15-9-25(23-5-11-28(37-3)12-6-23)19-30(32)31-20-26(10-16-33(31)35)24-7-13-29(38-4)14-8-24/h5-20,36H,1-4H3. The van der Waals surface area contributed by atoms with Crippen molar-refractivity contribution in [1.82, 2.24) is 4.57 Å². The lowest BCUT2D eigenvalue weighted by Gasteiger charge is -2.12. The van der Waals surface area contributed by atoms with Crippen LogP contribution in [0.3, 0.4) is 0 Å². The fraction of sp³-hybridized carbons (Fsp3) is 0.118. The average Bonchev–Trinajstić information content (AvgIpc) is 3.28. The van der Waals surface area contributed by atoms with Gasteiger partial charge in [-0.3, -0.25) is 0 Å². The third kappa shape index (κ3) is 3.95. The first kappa shape index (κ1) is 23.7. The molecule has 1 N–H and O–H groups in total. The van der Waals surface area contributed by atoms with Crippen molar-refractivity contribution in [3.8, 4) is 45.2 Å². The van der Waals surface area contributed by atoms with Gasteiger partial charge in [0.05, 0.1) is 25.3 Å². The number of aryl methyl sites for hydroxylation is 2. The van der Waals surface area contributed by atoms with Crippen LogP contribution in [0.1, 0.15) is 11.1 Å². The topological polar surface area (TPSA) is 43.6 Å². The molecule has 0 saturated heterocycles. The van der Waals surface area contributed by atoms with Gasteiger partial charge in [-0.2, -0.15) is 0 Å². The maximum Gasteiger partial charge on any atom is 0.121 e. The van der Waals surface area contributed by atoms with E-state index in [-0.39, 0.29) is 0 Å². The van der Waals surface area contributed by atoms with Crippen molar-refractivity contribution in [1.29, 1.82) is 0 Å². The van der Waals surface area contributed by atoms with E-state index in [2.05, 4.69) is 77.4 Å². The van der Waals surface area contributed by atoms with Crippen molar-refractivity contribution in [2.75, 3.05) is 14.2 Å². The Bertz CT molecular complexity index is 1670. The van der Waals surface area contributed by atoms with Crippen LogP contribution in [0.15, 0.2) is 97.1 Å². The first-order chi connectivity index (χ1) is 18.5. The largest absolute Gasteiger partial charge is 0.507 e. The third-order valence-corrected chi connectivity index (χ3v) is 7.35. The molecule has 0 aliphatic heterocycles. The number of methoxy groups -OCH3 is 2. The molecule has 0 amide bonds. The molecule has 0 fully saturated rings. The second kappa shape index (κ2) is 9.31. The van der Waals surface area contributed by atoms with Gasteiger partial charge in [-0.1, -0.05) is 36.4 Å². The third-order valence-electron chi connectivity index (χ3n) is 7.35. The quantitative estimate of drug-likeness (QED) is 0.259. The molecule has 0 aliphatic carbocycles. The Morgan fingerprint density at radius 3 is 1.32 bits per heavy atom. The monoisotopic (exact) mass is 499 g/mol. The van der Waals surface area contributed by atoms with Crippen LogP contribution in [-0.4, -0.2) is 23.9 Å². The number of ether oxygens (including phenoxy) is 2. The molecule has 0 bridgehead atoms. The molecule has 6 rings (SSSR count). The van der Waals surface area contributed by atoms with Gasteiger partial charge in [0.1, 0.15) is 17.2 Å². The summed E-state index contributed by atoms with van der Waals surface area (Å²) < 4.78 is 13.0. The summed E-state index contributed by atoms with van der Waals surface area (Å²) in [7, 11) is 3.37. The van der Waals surface area contributed by atoms with Gasteiger partial charge in [0.25, 0.3) is 0 Å². The lowest BCUT2D eigenvalue weighted by Crippen LogP contribution is -1.96. The van der Waals surface area contributed by atoms with Crippen molar-refractivity contribution in [2.45, 2.75) is 13.8 Å². The summed E-state index contributed by atoms with van der Waals surface area (Å²) in [6.45, 7) is 3.90. The minimum absolute atomic E-state index is 0.345. The average molecular weight is 500 g/mol. The number of rotatable bonds is 5. The van der Waals surface area contributed by atoms with Crippen molar-refractivity contribution >= 4 is 21.8 Å². The minimum atomic E-state index is 0.345. The summed E-state index contributed by atoms with van der Waals surface area (Å²) in [4.78, 5) is 0. The van der Waals surface area contributed by atoms with Gasteiger partial charge in [0.15, 0.2) is 0 Å². The van der Waals surface area contributed by atoms with E-state index in [4.69, 9.17) is 9.47 Å². The highest BCUT2D eigenvalue weighted by Gasteiger charge is 2.16. The summed E-state index contributed by atoms with van der Waals surface area (Å²) >= 11 is 0. The molecule has 6 aromatic rings. The Morgan fingerprint density at radius 2 is 0.921 bits per heavy atom. The zero-order chi connectivity index (χ0) is 26.4. The molecule has 1 heterocycles. The predicted octanol–water partition coefficient (Wildman–Crippen LogP) is 8.46. The Labute approximate surface area is 222 Å². The van der Waals surface area contributed by atoms with Crippen LogP contribution in [0.4, 0.5) is 0 Å². The number of hydrogen-bond donors (Lipinski definition) is 1. The molecular weight excluding hydrogens is 470 g/mol. The van der Waals surface area contributed by atoms with Crippen molar-refractivity contribution < 1.29 is 14.6 Å². The fourth-order valence-corrected chi connectivity index (χ4v) is 5.29. The normalized spacial score (nSPS) is 11.3. The SMILES string of the molecule is COc1ccc(-c2ccc3c(c2)c2cc(-c4ccc(OC)cc4)ccc2n3-c2cc(C)c(O)c(C)c2)cc1. The maximum atomic E-state index is 10.4. The second-order valence-corrected chi connectivity index (χ2v) is 9.68. The van der Waals surface area contributed by atoms with Crippen molar-refractivity contribution in [2.24, 2.45) is 0 Å². The summed E-state index contributed by atoms with van der Waals surface area (Å²) in [6.07, 6.45) is 0. The van der Waals surface area contributed by atoms with E-state index < -0.39 is 0 Å². The van der Waals surface area contributed by atoms with Gasteiger partial charge in [0.2, 0.25) is 0 Å². The molecule has 0 unspecified atom stereocenters. The van der Waals surface area contributed by atoms with Gasteiger partial charge < -0.3 is 19.1 Å². The van der Waals surface area contributed by atoms with Crippen LogP contribution in [-0.2, 0) is 0 Å². The van der Waals surface area contributed by atoms with E-state index in [0.29, 0.717) is 5.75 Å². The van der Waals surface area contributed by atoms with Crippen LogP contribution in [0.25, 0.3) is 49.7 Å². The molecule has 1 aromatic heterocycles. The zero-order valence-corrected chi connectivity index (χ0v) is 21.9. The van der Waals surface area contributed by atoms with E-state index in [1.54, 1.807) is 14.2 Å². The number of phenolic OH excluding ortho intramolecular Hbond substituents is 1. The van der Waals surface area contributed by atoms with Crippen molar-refractivity contribution in [3.63, 3.8) is 0 Å². The lowest BCUT2D eigenvalue weighted by molar-refractivity contribution is 0.415. The first-order valence-electron chi connectivity index (χ1n) is 12.6. The van der Waals surface area contributed by atoms with Gasteiger partial charge in [-0.05, 0) is 108 Å². The highest BCUT2D eigenvalue weighted by molar-refractivity contribution is 6.11. The molecular formula is C34H29NO3. The maximum absolute atomic E-state index is 10.4. The van der Waals surface area contributed by atoms with E-state index in [1.807, 2.05) is 38.1 Å². The summed E-state index contributed by atoms with van der Waals surface area (Å²) in [5.41, 5.74) is 9.56. The molecule has 0 atom stereocenters. The number of aromatic hydroxyl groups is 1. The van der Waals surface area contributed by atoms with E-state index in [1.165, 1.54) is 10.8 Å². The molecule has 0 radical (unpaired) electrons. The lowest BCUT2D eigenvalue weighted by atomic mass is 10.00. The molecule has 4 nitrogen and oxygen atoms in total. The Balaban J connectivity index is 1.61. The highest BCUT2D eigenvalue weighted by Crippen LogP contribution is 2.38. The molecule has 4 heteroatoms. The number of phenols is 1. The number of hydrogen-bond acceptors (Lipinski definition) is 3. The number of benzene rings is 5. The summed E-state index contributed by atoms with van der Waals surface area (Å²) in [5, 5.41) is 12.8. The van der Waals surface area contributed by atoms with Gasteiger partial charge in [-0.15, -0.1) is 0 Å². The number of aromatic nitrogens is 1. The first-order valence-corrected chi connectivity index (χ1v) is 12.6. The molecule has 0 aliphatic rings. The summed E-state index contributed by atoms with van der Waals surface area (Å²) in [6, 6.07) is 33.7. The van der Waals surface area contributed by atoms with Crippen LogP contribution in [0.2, 0.25) is 0 Å². The van der Waals surface area contributed by atoms with Crippen molar-refractivity contribution in [3.05, 3.63) is 108 Å². The fourth-order valence-electron chi connectivity index (χ4n) is 5.29. The van der Waals surface area contributed by atoms with Gasteiger partial charge >= 0.3 is 0 Å². The smallest absolute Gasteiger partial charge is 0.121 e. The Hall–Kier alpha value is -4.70.